The number of carbonyl (C=O) groups is 2. The lowest BCUT2D eigenvalue weighted by molar-refractivity contribution is -0.132. The van der Waals surface area contributed by atoms with Crippen LogP contribution in [0.15, 0.2) is 29.6 Å². The first kappa shape index (κ1) is 17.6. The SMILES string of the molecule is Cc1ccc(Cc2nc(C(=O)N3CCO[C@H](C)[C@H]3C(N)=O)cs2)cc1. The second-order valence-electron chi connectivity index (χ2n) is 6.21. The van der Waals surface area contributed by atoms with Gasteiger partial charge in [-0.1, -0.05) is 29.8 Å². The van der Waals surface area contributed by atoms with Gasteiger partial charge in [-0.3, -0.25) is 9.59 Å². The number of nitrogens with two attached hydrogens (primary N) is 1. The van der Waals surface area contributed by atoms with Crippen LogP contribution in [0.4, 0.5) is 0 Å². The average Bonchev–Trinajstić information content (AvgIpc) is 3.04. The second-order valence-corrected chi connectivity index (χ2v) is 7.15. The van der Waals surface area contributed by atoms with E-state index in [1.54, 1.807) is 12.3 Å². The van der Waals surface area contributed by atoms with E-state index in [1.165, 1.54) is 21.8 Å². The molecule has 1 fully saturated rings. The third-order valence-corrected chi connectivity index (χ3v) is 5.14. The number of morpholine rings is 1. The van der Waals surface area contributed by atoms with E-state index in [2.05, 4.69) is 29.2 Å². The van der Waals surface area contributed by atoms with E-state index in [0.29, 0.717) is 25.3 Å². The highest BCUT2D eigenvalue weighted by molar-refractivity contribution is 7.09. The van der Waals surface area contributed by atoms with Crippen molar-refractivity contribution in [2.45, 2.75) is 32.4 Å². The van der Waals surface area contributed by atoms with Gasteiger partial charge >= 0.3 is 0 Å². The van der Waals surface area contributed by atoms with Gasteiger partial charge in [-0.25, -0.2) is 4.98 Å². The van der Waals surface area contributed by atoms with Gasteiger partial charge in [0.05, 0.1) is 17.7 Å². The van der Waals surface area contributed by atoms with Crippen LogP contribution in [0.2, 0.25) is 0 Å². The monoisotopic (exact) mass is 359 g/mol. The highest BCUT2D eigenvalue weighted by Crippen LogP contribution is 2.20. The molecule has 1 saturated heterocycles. The van der Waals surface area contributed by atoms with Crippen molar-refractivity contribution in [3.05, 3.63) is 51.5 Å². The number of thiazole rings is 1. The number of primary amides is 1. The highest BCUT2D eigenvalue weighted by Gasteiger charge is 2.37. The van der Waals surface area contributed by atoms with Gasteiger partial charge in [0.15, 0.2) is 0 Å². The predicted octanol–water partition coefficient (Wildman–Crippen LogP) is 1.76. The zero-order valence-corrected chi connectivity index (χ0v) is 15.1. The molecule has 1 aromatic carbocycles. The fourth-order valence-electron chi connectivity index (χ4n) is 2.95. The molecular formula is C18H21N3O3S. The van der Waals surface area contributed by atoms with Crippen molar-refractivity contribution in [2.24, 2.45) is 5.73 Å². The highest BCUT2D eigenvalue weighted by atomic mass is 32.1. The van der Waals surface area contributed by atoms with Crippen LogP contribution in [-0.4, -0.2) is 47.0 Å². The summed E-state index contributed by atoms with van der Waals surface area (Å²) < 4.78 is 5.45. The van der Waals surface area contributed by atoms with E-state index >= 15 is 0 Å². The Morgan fingerprint density at radius 3 is 2.76 bits per heavy atom. The quantitative estimate of drug-likeness (QED) is 0.901. The Balaban J connectivity index is 1.75. The van der Waals surface area contributed by atoms with Crippen molar-refractivity contribution in [2.75, 3.05) is 13.2 Å². The second kappa shape index (κ2) is 7.33. The molecular weight excluding hydrogens is 338 g/mol. The third kappa shape index (κ3) is 3.88. The van der Waals surface area contributed by atoms with Crippen LogP contribution >= 0.6 is 11.3 Å². The van der Waals surface area contributed by atoms with Gasteiger partial charge in [0.2, 0.25) is 5.91 Å². The predicted molar refractivity (Wildman–Crippen MR) is 95.5 cm³/mol. The minimum atomic E-state index is -0.761. The van der Waals surface area contributed by atoms with Crippen LogP contribution in [0.1, 0.15) is 33.5 Å². The Bertz CT molecular complexity index is 772. The van der Waals surface area contributed by atoms with E-state index in [4.69, 9.17) is 10.5 Å². The van der Waals surface area contributed by atoms with Gasteiger partial charge in [0, 0.05) is 18.3 Å². The largest absolute Gasteiger partial charge is 0.374 e. The number of hydrogen-bond acceptors (Lipinski definition) is 5. The zero-order chi connectivity index (χ0) is 18.0. The van der Waals surface area contributed by atoms with E-state index < -0.39 is 18.1 Å². The minimum Gasteiger partial charge on any atom is -0.374 e. The maximum Gasteiger partial charge on any atom is 0.274 e. The molecule has 0 bridgehead atoms. The number of benzene rings is 1. The van der Waals surface area contributed by atoms with Crippen molar-refractivity contribution >= 4 is 23.2 Å². The van der Waals surface area contributed by atoms with Crippen molar-refractivity contribution < 1.29 is 14.3 Å². The summed E-state index contributed by atoms with van der Waals surface area (Å²) in [6.45, 7) is 4.51. The summed E-state index contributed by atoms with van der Waals surface area (Å²) in [6.07, 6.45) is 0.262. The Morgan fingerprint density at radius 1 is 1.36 bits per heavy atom. The molecule has 0 aliphatic carbocycles. The van der Waals surface area contributed by atoms with Gasteiger partial charge in [-0.05, 0) is 19.4 Å². The van der Waals surface area contributed by atoms with Crippen molar-refractivity contribution in [3.63, 3.8) is 0 Å². The van der Waals surface area contributed by atoms with E-state index in [0.717, 1.165) is 10.6 Å². The average molecular weight is 359 g/mol. The summed E-state index contributed by atoms with van der Waals surface area (Å²) >= 11 is 1.45. The first-order valence-electron chi connectivity index (χ1n) is 8.17. The number of ether oxygens (including phenoxy) is 1. The molecule has 7 heteroatoms. The van der Waals surface area contributed by atoms with Crippen LogP contribution < -0.4 is 5.73 Å². The lowest BCUT2D eigenvalue weighted by Gasteiger charge is -2.37. The number of rotatable bonds is 4. The van der Waals surface area contributed by atoms with Crippen LogP contribution in [0.5, 0.6) is 0 Å². The maximum atomic E-state index is 12.8. The lowest BCUT2D eigenvalue weighted by Crippen LogP contribution is -2.58. The number of aryl methyl sites for hydroxylation is 1. The molecule has 2 heterocycles. The maximum absolute atomic E-state index is 12.8. The standard InChI is InChI=1S/C18H21N3O3S/c1-11-3-5-13(6-4-11)9-15-20-14(10-25-15)18(23)21-7-8-24-12(2)16(21)17(19)22/h3-6,10,12,16H,7-9H2,1-2H3,(H2,19,22)/t12-,16+/m1/s1. The summed E-state index contributed by atoms with van der Waals surface area (Å²) in [5.74, 6) is -0.832. The Hall–Kier alpha value is -2.25. The molecule has 2 N–H and O–H groups in total. The van der Waals surface area contributed by atoms with Crippen LogP contribution in [0, 0.1) is 6.92 Å². The number of amides is 2. The molecule has 0 radical (unpaired) electrons. The summed E-state index contributed by atoms with van der Waals surface area (Å²) in [7, 11) is 0. The molecule has 25 heavy (non-hydrogen) atoms. The van der Waals surface area contributed by atoms with Crippen LogP contribution in [-0.2, 0) is 16.0 Å². The fourth-order valence-corrected chi connectivity index (χ4v) is 3.75. The summed E-state index contributed by atoms with van der Waals surface area (Å²) in [5, 5.41) is 2.61. The fraction of sp³-hybridized carbons (Fsp3) is 0.389. The van der Waals surface area contributed by atoms with Crippen molar-refractivity contribution in [1.29, 1.82) is 0 Å². The normalized spacial score (nSPS) is 20.5. The Labute approximate surface area is 150 Å². The molecule has 2 amide bonds. The zero-order valence-electron chi connectivity index (χ0n) is 14.3. The third-order valence-electron chi connectivity index (χ3n) is 4.29. The van der Waals surface area contributed by atoms with Gasteiger partial charge in [0.25, 0.3) is 5.91 Å². The van der Waals surface area contributed by atoms with E-state index in [1.807, 2.05) is 6.92 Å². The molecule has 1 aliphatic heterocycles. The molecule has 1 aliphatic rings. The molecule has 0 unspecified atom stereocenters. The number of nitrogens with zero attached hydrogens (tertiary/aromatic N) is 2. The minimum absolute atomic E-state index is 0.273. The van der Waals surface area contributed by atoms with Crippen LogP contribution in [0.25, 0.3) is 0 Å². The van der Waals surface area contributed by atoms with E-state index in [-0.39, 0.29) is 5.91 Å². The molecule has 0 saturated carbocycles. The summed E-state index contributed by atoms with van der Waals surface area (Å²) in [4.78, 5) is 30.4. The Morgan fingerprint density at radius 2 is 2.08 bits per heavy atom. The first-order chi connectivity index (χ1) is 12.0. The lowest BCUT2D eigenvalue weighted by atomic mass is 10.1. The summed E-state index contributed by atoms with van der Waals surface area (Å²) in [5.41, 5.74) is 8.16. The van der Waals surface area contributed by atoms with Crippen LogP contribution in [0.3, 0.4) is 0 Å². The Kier molecular flexibility index (Phi) is 5.15. The van der Waals surface area contributed by atoms with Gasteiger partial charge in [-0.2, -0.15) is 0 Å². The molecule has 3 rings (SSSR count). The molecule has 1 aromatic heterocycles. The molecule has 6 nitrogen and oxygen atoms in total. The van der Waals surface area contributed by atoms with Crippen molar-refractivity contribution in [3.8, 4) is 0 Å². The van der Waals surface area contributed by atoms with Gasteiger partial charge < -0.3 is 15.4 Å². The van der Waals surface area contributed by atoms with Gasteiger partial charge in [0.1, 0.15) is 11.7 Å². The number of carbonyl (C=O) groups excluding carboxylic acids is 2. The molecule has 132 valence electrons. The summed E-state index contributed by atoms with van der Waals surface area (Å²) in [6, 6.07) is 7.47. The first-order valence-corrected chi connectivity index (χ1v) is 9.05. The molecule has 0 spiro atoms. The number of hydrogen-bond donors (Lipinski definition) is 1. The van der Waals surface area contributed by atoms with Gasteiger partial charge in [-0.15, -0.1) is 11.3 Å². The number of aromatic nitrogens is 1. The smallest absolute Gasteiger partial charge is 0.274 e. The van der Waals surface area contributed by atoms with Crippen molar-refractivity contribution in [1.82, 2.24) is 9.88 Å². The molecule has 2 atom stereocenters. The van der Waals surface area contributed by atoms with E-state index in [9.17, 15) is 9.59 Å². The topological polar surface area (TPSA) is 85.5 Å². The molecule has 2 aromatic rings.